The number of nitro benzene ring substituents is 1. The van der Waals surface area contributed by atoms with Crippen LogP contribution in [0, 0.1) is 10.1 Å². The number of carbonyl (C=O) groups is 3. The molecule has 0 aliphatic rings. The lowest BCUT2D eigenvalue weighted by atomic mass is 10.1. The maximum absolute atomic E-state index is 11.9. The van der Waals surface area contributed by atoms with Gasteiger partial charge in [-0.3, -0.25) is 14.9 Å². The standard InChI is InChI=1S/C21H20N2O7/c1-14(2)30-21(26)16-7-10-17(11-8-16)22-19(24)13-29-20(25)12-9-15-5-3-4-6-18(15)23(27)28/h3-12,14H,13H2,1-2H3,(H,22,24)/b12-9+. The molecule has 0 aliphatic heterocycles. The molecule has 0 radical (unpaired) electrons. The van der Waals surface area contributed by atoms with Crippen LogP contribution in [-0.4, -0.2) is 35.5 Å². The topological polar surface area (TPSA) is 125 Å². The highest BCUT2D eigenvalue weighted by molar-refractivity contribution is 5.95. The van der Waals surface area contributed by atoms with Crippen molar-refractivity contribution in [3.63, 3.8) is 0 Å². The third-order valence-corrected chi connectivity index (χ3v) is 3.63. The molecule has 0 aliphatic carbocycles. The third kappa shape index (κ3) is 6.86. The maximum Gasteiger partial charge on any atom is 0.338 e. The Balaban J connectivity index is 1.85. The van der Waals surface area contributed by atoms with Gasteiger partial charge in [0, 0.05) is 17.8 Å². The highest BCUT2D eigenvalue weighted by atomic mass is 16.6. The number of para-hydroxylation sites is 1. The number of hydrogen-bond donors (Lipinski definition) is 1. The lowest BCUT2D eigenvalue weighted by molar-refractivity contribution is -0.385. The van der Waals surface area contributed by atoms with Crippen LogP contribution in [0.4, 0.5) is 11.4 Å². The van der Waals surface area contributed by atoms with Gasteiger partial charge in [-0.15, -0.1) is 0 Å². The van der Waals surface area contributed by atoms with Crippen molar-refractivity contribution in [1.82, 2.24) is 0 Å². The fourth-order valence-corrected chi connectivity index (χ4v) is 2.31. The van der Waals surface area contributed by atoms with Gasteiger partial charge in [-0.2, -0.15) is 0 Å². The number of hydrogen-bond acceptors (Lipinski definition) is 7. The highest BCUT2D eigenvalue weighted by Crippen LogP contribution is 2.19. The maximum atomic E-state index is 11.9. The van der Waals surface area contributed by atoms with Gasteiger partial charge in [-0.25, -0.2) is 9.59 Å². The SMILES string of the molecule is CC(C)OC(=O)c1ccc(NC(=O)COC(=O)/C=C/c2ccccc2[N+](=O)[O-])cc1. The molecule has 0 atom stereocenters. The van der Waals surface area contributed by atoms with Crippen molar-refractivity contribution in [3.8, 4) is 0 Å². The number of amides is 1. The summed E-state index contributed by atoms with van der Waals surface area (Å²) < 4.78 is 9.89. The van der Waals surface area contributed by atoms with Gasteiger partial charge in [0.15, 0.2) is 6.61 Å². The smallest absolute Gasteiger partial charge is 0.338 e. The molecule has 2 rings (SSSR count). The van der Waals surface area contributed by atoms with E-state index in [1.54, 1.807) is 19.9 Å². The van der Waals surface area contributed by atoms with E-state index in [4.69, 9.17) is 9.47 Å². The number of ether oxygens (including phenoxy) is 2. The first kappa shape index (κ1) is 22.3. The summed E-state index contributed by atoms with van der Waals surface area (Å²) in [4.78, 5) is 45.8. The van der Waals surface area contributed by atoms with Crippen molar-refractivity contribution in [3.05, 3.63) is 75.8 Å². The zero-order chi connectivity index (χ0) is 22.1. The van der Waals surface area contributed by atoms with E-state index in [0.29, 0.717) is 11.3 Å². The number of esters is 2. The van der Waals surface area contributed by atoms with E-state index in [1.807, 2.05) is 0 Å². The molecule has 156 valence electrons. The van der Waals surface area contributed by atoms with Gasteiger partial charge in [0.2, 0.25) is 0 Å². The third-order valence-electron chi connectivity index (χ3n) is 3.63. The van der Waals surface area contributed by atoms with E-state index in [0.717, 1.165) is 6.08 Å². The molecule has 0 aromatic heterocycles. The highest BCUT2D eigenvalue weighted by Gasteiger charge is 2.12. The Morgan fingerprint density at radius 2 is 1.77 bits per heavy atom. The molecule has 1 N–H and O–H groups in total. The summed E-state index contributed by atoms with van der Waals surface area (Å²) in [7, 11) is 0. The molecule has 0 fully saturated rings. The molecule has 0 heterocycles. The van der Waals surface area contributed by atoms with Gasteiger partial charge < -0.3 is 14.8 Å². The van der Waals surface area contributed by atoms with Crippen LogP contribution in [0.25, 0.3) is 6.08 Å². The first-order valence-electron chi connectivity index (χ1n) is 8.95. The van der Waals surface area contributed by atoms with E-state index in [-0.39, 0.29) is 17.4 Å². The molecule has 9 nitrogen and oxygen atoms in total. The fourth-order valence-electron chi connectivity index (χ4n) is 2.31. The Morgan fingerprint density at radius 3 is 2.40 bits per heavy atom. The van der Waals surface area contributed by atoms with Crippen molar-refractivity contribution in [1.29, 1.82) is 0 Å². The van der Waals surface area contributed by atoms with Crippen LogP contribution in [0.5, 0.6) is 0 Å². The average molecular weight is 412 g/mol. The van der Waals surface area contributed by atoms with Crippen LogP contribution in [0.3, 0.4) is 0 Å². The zero-order valence-corrected chi connectivity index (χ0v) is 16.4. The summed E-state index contributed by atoms with van der Waals surface area (Å²) in [6.45, 7) is 2.94. The monoisotopic (exact) mass is 412 g/mol. The molecule has 9 heteroatoms. The van der Waals surface area contributed by atoms with Gasteiger partial charge in [-0.1, -0.05) is 12.1 Å². The van der Waals surface area contributed by atoms with Gasteiger partial charge in [-0.05, 0) is 50.3 Å². The van der Waals surface area contributed by atoms with E-state index in [2.05, 4.69) is 5.32 Å². The first-order valence-corrected chi connectivity index (χ1v) is 8.95. The van der Waals surface area contributed by atoms with Gasteiger partial charge in [0.05, 0.1) is 22.2 Å². The Bertz CT molecular complexity index is 966. The van der Waals surface area contributed by atoms with Crippen LogP contribution >= 0.6 is 0 Å². The number of carbonyl (C=O) groups excluding carboxylic acids is 3. The normalized spacial score (nSPS) is 10.6. The number of nitro groups is 1. The van der Waals surface area contributed by atoms with Crippen molar-refractivity contribution < 1.29 is 28.8 Å². The predicted octanol–water partition coefficient (Wildman–Crippen LogP) is 3.36. The van der Waals surface area contributed by atoms with E-state index in [9.17, 15) is 24.5 Å². The minimum absolute atomic E-state index is 0.153. The Hall–Kier alpha value is -4.01. The minimum atomic E-state index is -0.824. The van der Waals surface area contributed by atoms with Crippen LogP contribution < -0.4 is 5.32 Å². The molecule has 1 amide bonds. The molecule has 30 heavy (non-hydrogen) atoms. The van der Waals surface area contributed by atoms with Crippen LogP contribution in [0.1, 0.15) is 29.8 Å². The van der Waals surface area contributed by atoms with Crippen molar-refractivity contribution in [2.45, 2.75) is 20.0 Å². The molecule has 0 unspecified atom stereocenters. The molecule has 0 bridgehead atoms. The number of benzene rings is 2. The summed E-state index contributed by atoms with van der Waals surface area (Å²) in [6.07, 6.45) is 2.01. The van der Waals surface area contributed by atoms with Crippen molar-refractivity contribution >= 4 is 35.3 Å². The predicted molar refractivity (Wildman–Crippen MR) is 109 cm³/mol. The Labute approximate surface area is 172 Å². The van der Waals surface area contributed by atoms with Gasteiger partial charge >= 0.3 is 11.9 Å². The number of nitrogens with one attached hydrogen (secondary N) is 1. The fraction of sp³-hybridized carbons (Fsp3) is 0.190. The minimum Gasteiger partial charge on any atom is -0.459 e. The second kappa shape index (κ2) is 10.5. The number of anilines is 1. The summed E-state index contributed by atoms with van der Waals surface area (Å²) >= 11 is 0. The lowest BCUT2D eigenvalue weighted by Gasteiger charge is -2.09. The van der Waals surface area contributed by atoms with E-state index in [1.165, 1.54) is 48.5 Å². The Morgan fingerprint density at radius 1 is 1.10 bits per heavy atom. The lowest BCUT2D eigenvalue weighted by Crippen LogP contribution is -2.20. The summed E-state index contributed by atoms with van der Waals surface area (Å²) in [6, 6.07) is 11.9. The molecule has 0 saturated heterocycles. The Kier molecular flexibility index (Phi) is 7.81. The van der Waals surface area contributed by atoms with Crippen LogP contribution in [-0.2, 0) is 19.1 Å². The number of rotatable bonds is 8. The van der Waals surface area contributed by atoms with Crippen LogP contribution in [0.2, 0.25) is 0 Å². The molecular weight excluding hydrogens is 392 g/mol. The number of nitrogens with zero attached hydrogens (tertiary/aromatic N) is 1. The molecule has 0 spiro atoms. The van der Waals surface area contributed by atoms with E-state index < -0.39 is 29.4 Å². The van der Waals surface area contributed by atoms with Gasteiger partial charge in [0.25, 0.3) is 11.6 Å². The molecule has 0 saturated carbocycles. The molecular formula is C21H20N2O7. The van der Waals surface area contributed by atoms with Crippen molar-refractivity contribution in [2.75, 3.05) is 11.9 Å². The van der Waals surface area contributed by atoms with Gasteiger partial charge in [0.1, 0.15) is 0 Å². The summed E-state index contributed by atoms with van der Waals surface area (Å²) in [5, 5.41) is 13.5. The first-order chi connectivity index (χ1) is 14.3. The largest absolute Gasteiger partial charge is 0.459 e. The second-order valence-electron chi connectivity index (χ2n) is 6.34. The molecule has 2 aromatic carbocycles. The second-order valence-corrected chi connectivity index (χ2v) is 6.34. The summed E-state index contributed by atoms with van der Waals surface area (Å²) in [5.41, 5.74) is 0.834. The average Bonchev–Trinajstić information content (AvgIpc) is 2.70. The van der Waals surface area contributed by atoms with E-state index >= 15 is 0 Å². The quantitative estimate of drug-likeness (QED) is 0.305. The summed E-state index contributed by atoms with van der Waals surface area (Å²) in [5.74, 6) is -1.88. The van der Waals surface area contributed by atoms with Crippen LogP contribution in [0.15, 0.2) is 54.6 Å². The zero-order valence-electron chi connectivity index (χ0n) is 16.4. The van der Waals surface area contributed by atoms with Crippen molar-refractivity contribution in [2.24, 2.45) is 0 Å². The molecule has 2 aromatic rings.